The molecule has 1 aliphatic carbocycles. The van der Waals surface area contributed by atoms with Gasteiger partial charge in [0.05, 0.1) is 3.58 Å². The number of allylic oxidation sites excluding steroid dienone is 1. The molecular formula is C14H6I2O2. The zero-order valence-electron chi connectivity index (χ0n) is 9.04. The van der Waals surface area contributed by atoms with Gasteiger partial charge in [0.2, 0.25) is 11.6 Å². The van der Waals surface area contributed by atoms with E-state index in [0.29, 0.717) is 9.14 Å². The molecule has 4 heteroatoms. The molecule has 0 amide bonds. The second-order valence-corrected chi connectivity index (χ2v) is 6.45. The van der Waals surface area contributed by atoms with Gasteiger partial charge in [0.1, 0.15) is 0 Å². The lowest BCUT2D eigenvalue weighted by Gasteiger charge is -2.13. The van der Waals surface area contributed by atoms with Crippen LogP contribution in [0.25, 0.3) is 16.8 Å². The molecule has 0 saturated heterocycles. The molecular weight excluding hydrogens is 454 g/mol. The number of halogens is 2. The van der Waals surface area contributed by atoms with Crippen LogP contribution < -0.4 is 0 Å². The first-order chi connectivity index (χ1) is 8.58. The molecule has 0 atom stereocenters. The van der Waals surface area contributed by atoms with Crippen LogP contribution in [0.5, 0.6) is 0 Å². The molecule has 2 aromatic rings. The molecule has 0 aromatic heterocycles. The Balaban J connectivity index is 2.44. The first kappa shape index (κ1) is 12.3. The molecule has 0 saturated carbocycles. The molecule has 3 rings (SSSR count). The average Bonchev–Trinajstić information content (AvgIpc) is 2.36. The maximum Gasteiger partial charge on any atom is 0.239 e. The van der Waals surface area contributed by atoms with Crippen molar-refractivity contribution < 1.29 is 9.59 Å². The van der Waals surface area contributed by atoms with Crippen LogP contribution in [-0.2, 0) is 4.79 Å². The summed E-state index contributed by atoms with van der Waals surface area (Å²) in [6.07, 6.45) is 1.80. The van der Waals surface area contributed by atoms with Gasteiger partial charge in [-0.2, -0.15) is 0 Å². The van der Waals surface area contributed by atoms with Crippen LogP contribution in [-0.4, -0.2) is 11.6 Å². The number of ketones is 2. The number of Topliss-reactive ketones (excluding diaryl/α,β-unsaturated/α-hetero) is 2. The van der Waals surface area contributed by atoms with Crippen molar-refractivity contribution in [2.75, 3.05) is 0 Å². The van der Waals surface area contributed by atoms with Crippen molar-refractivity contribution in [2.24, 2.45) is 0 Å². The van der Waals surface area contributed by atoms with Crippen LogP contribution >= 0.6 is 45.2 Å². The Morgan fingerprint density at radius 3 is 2.39 bits per heavy atom. The minimum absolute atomic E-state index is 0.405. The summed E-state index contributed by atoms with van der Waals surface area (Å²) in [6, 6.07) is 9.72. The molecule has 0 aliphatic heterocycles. The van der Waals surface area contributed by atoms with Crippen molar-refractivity contribution in [1.82, 2.24) is 0 Å². The van der Waals surface area contributed by atoms with Gasteiger partial charge in [0, 0.05) is 9.13 Å². The Hall–Kier alpha value is -0.760. The maximum atomic E-state index is 12.0. The molecule has 88 valence electrons. The predicted molar refractivity (Wildman–Crippen MR) is 88.0 cm³/mol. The Morgan fingerprint density at radius 1 is 0.889 bits per heavy atom. The van der Waals surface area contributed by atoms with Gasteiger partial charge in [-0.3, -0.25) is 9.59 Å². The summed E-state index contributed by atoms with van der Waals surface area (Å²) < 4.78 is 1.60. The van der Waals surface area contributed by atoms with E-state index in [1.165, 1.54) is 0 Å². The molecule has 0 radical (unpaired) electrons. The van der Waals surface area contributed by atoms with E-state index in [0.717, 1.165) is 19.9 Å². The van der Waals surface area contributed by atoms with Crippen molar-refractivity contribution >= 4 is 73.6 Å². The summed E-state index contributed by atoms with van der Waals surface area (Å²) in [4.78, 5) is 23.6. The van der Waals surface area contributed by atoms with Crippen LogP contribution in [0.3, 0.4) is 0 Å². The van der Waals surface area contributed by atoms with Gasteiger partial charge in [-0.25, -0.2) is 0 Å². The van der Waals surface area contributed by atoms with E-state index in [1.54, 1.807) is 12.1 Å². The molecule has 2 nitrogen and oxygen atoms in total. The summed E-state index contributed by atoms with van der Waals surface area (Å²) in [6.45, 7) is 0. The van der Waals surface area contributed by atoms with Crippen molar-refractivity contribution in [3.05, 3.63) is 48.6 Å². The first-order valence-electron chi connectivity index (χ1n) is 5.26. The molecule has 18 heavy (non-hydrogen) atoms. The number of fused-ring (bicyclic) bond motifs is 3. The monoisotopic (exact) mass is 460 g/mol. The van der Waals surface area contributed by atoms with Gasteiger partial charge in [-0.15, -0.1) is 0 Å². The van der Waals surface area contributed by atoms with Gasteiger partial charge < -0.3 is 0 Å². The molecule has 0 unspecified atom stereocenters. The zero-order chi connectivity index (χ0) is 12.9. The number of benzene rings is 2. The lowest BCUT2D eigenvalue weighted by molar-refractivity contribution is -0.111. The van der Waals surface area contributed by atoms with Crippen LogP contribution in [0.1, 0.15) is 15.9 Å². The number of hydrogen-bond donors (Lipinski definition) is 0. The highest BCUT2D eigenvalue weighted by atomic mass is 127. The number of carbonyl (C=O) groups is 2. The van der Waals surface area contributed by atoms with Gasteiger partial charge in [0.25, 0.3) is 0 Å². The van der Waals surface area contributed by atoms with Crippen molar-refractivity contribution in [1.29, 1.82) is 0 Å². The molecule has 0 heterocycles. The topological polar surface area (TPSA) is 34.1 Å². The summed E-state index contributed by atoms with van der Waals surface area (Å²) in [5.74, 6) is -0.814. The predicted octanol–water partition coefficient (Wildman–Crippen LogP) is 3.99. The van der Waals surface area contributed by atoms with E-state index in [1.807, 2.05) is 46.9 Å². The third-order valence-corrected chi connectivity index (χ3v) is 4.44. The minimum atomic E-state index is -0.409. The summed E-state index contributed by atoms with van der Waals surface area (Å²) in [5, 5.41) is 2.10. The number of hydrogen-bond acceptors (Lipinski definition) is 2. The normalized spacial score (nSPS) is 14.7. The SMILES string of the molecule is O=C1C(=O)c2ccc3ccc(I)cc3c2C=C1I. The molecule has 1 aliphatic rings. The summed E-state index contributed by atoms with van der Waals surface area (Å²) in [5.41, 5.74) is 1.37. The quantitative estimate of drug-likeness (QED) is 0.441. The maximum absolute atomic E-state index is 12.0. The van der Waals surface area contributed by atoms with Crippen molar-refractivity contribution in [3.63, 3.8) is 0 Å². The van der Waals surface area contributed by atoms with Gasteiger partial charge >= 0.3 is 0 Å². The molecule has 2 aromatic carbocycles. The van der Waals surface area contributed by atoms with Crippen LogP contribution in [0, 0.1) is 3.57 Å². The molecule has 0 fully saturated rings. The first-order valence-corrected chi connectivity index (χ1v) is 7.42. The average molecular weight is 460 g/mol. The third kappa shape index (κ3) is 1.82. The largest absolute Gasteiger partial charge is 0.285 e. The minimum Gasteiger partial charge on any atom is -0.285 e. The van der Waals surface area contributed by atoms with E-state index in [2.05, 4.69) is 22.6 Å². The summed E-state index contributed by atoms with van der Waals surface area (Å²) in [7, 11) is 0. The van der Waals surface area contributed by atoms with E-state index < -0.39 is 11.6 Å². The fourth-order valence-corrected chi connectivity index (χ4v) is 3.14. The van der Waals surface area contributed by atoms with Crippen LogP contribution in [0.15, 0.2) is 33.9 Å². The van der Waals surface area contributed by atoms with Crippen LogP contribution in [0.4, 0.5) is 0 Å². The van der Waals surface area contributed by atoms with Crippen molar-refractivity contribution in [2.45, 2.75) is 0 Å². The Morgan fingerprint density at radius 2 is 1.61 bits per heavy atom. The lowest BCUT2D eigenvalue weighted by Crippen LogP contribution is -2.19. The van der Waals surface area contributed by atoms with Crippen LogP contribution in [0.2, 0.25) is 0 Å². The van der Waals surface area contributed by atoms with E-state index in [9.17, 15) is 9.59 Å². The Bertz CT molecular complexity index is 745. The number of rotatable bonds is 0. The second kappa shape index (κ2) is 4.41. The standard InChI is InChI=1S/C14H6I2O2/c15-8-3-1-7-2-4-9-11(10(7)5-8)6-12(16)14(18)13(9)17/h1-6H. The van der Waals surface area contributed by atoms with Crippen molar-refractivity contribution in [3.8, 4) is 0 Å². The van der Waals surface area contributed by atoms with Gasteiger partial charge in [-0.1, -0.05) is 12.1 Å². The Labute approximate surface area is 131 Å². The van der Waals surface area contributed by atoms with Gasteiger partial charge in [-0.05, 0) is 85.8 Å². The molecule has 0 N–H and O–H groups in total. The Kier molecular flexibility index (Phi) is 3.01. The highest BCUT2D eigenvalue weighted by Crippen LogP contribution is 2.32. The van der Waals surface area contributed by atoms with E-state index in [4.69, 9.17) is 0 Å². The fourth-order valence-electron chi connectivity index (χ4n) is 2.09. The second-order valence-electron chi connectivity index (χ2n) is 4.04. The number of carbonyl (C=O) groups excluding carboxylic acids is 2. The molecule has 0 spiro atoms. The third-order valence-electron chi connectivity index (χ3n) is 2.96. The fraction of sp³-hybridized carbons (Fsp3) is 0. The highest BCUT2D eigenvalue weighted by Gasteiger charge is 2.27. The van der Waals surface area contributed by atoms with E-state index >= 15 is 0 Å². The smallest absolute Gasteiger partial charge is 0.239 e. The van der Waals surface area contributed by atoms with E-state index in [-0.39, 0.29) is 0 Å². The van der Waals surface area contributed by atoms with Gasteiger partial charge in [0.15, 0.2) is 0 Å². The zero-order valence-corrected chi connectivity index (χ0v) is 13.4. The highest BCUT2D eigenvalue weighted by molar-refractivity contribution is 14.1. The molecule has 0 bridgehead atoms. The summed E-state index contributed by atoms with van der Waals surface area (Å²) >= 11 is 4.17. The lowest BCUT2D eigenvalue weighted by atomic mass is 9.91.